The molecule has 1 aromatic carbocycles. The number of benzene rings is 1. The third kappa shape index (κ3) is 2.14. The first-order valence-corrected chi connectivity index (χ1v) is 5.91. The second-order valence-electron chi connectivity index (χ2n) is 4.33. The first kappa shape index (κ1) is 12.4. The van der Waals surface area contributed by atoms with Crippen LogP contribution in [0.2, 0.25) is 0 Å². The summed E-state index contributed by atoms with van der Waals surface area (Å²) in [5.41, 5.74) is 4.34. The van der Waals surface area contributed by atoms with Crippen molar-refractivity contribution in [2.75, 3.05) is 0 Å². The summed E-state index contributed by atoms with van der Waals surface area (Å²) in [7, 11) is 0. The topological polar surface area (TPSA) is 55.1 Å². The fourth-order valence-electron chi connectivity index (χ4n) is 1.90. The van der Waals surface area contributed by atoms with Crippen molar-refractivity contribution in [1.82, 2.24) is 9.78 Å². The minimum Gasteiger partial charge on any atom is -0.476 e. The summed E-state index contributed by atoms with van der Waals surface area (Å²) in [4.78, 5) is 11.0. The lowest BCUT2D eigenvalue weighted by Gasteiger charge is -2.07. The zero-order valence-electron chi connectivity index (χ0n) is 10.8. The molecule has 0 radical (unpaired) electrons. The van der Waals surface area contributed by atoms with Gasteiger partial charge in [-0.1, -0.05) is 12.1 Å². The van der Waals surface area contributed by atoms with Crippen LogP contribution in [0.4, 0.5) is 0 Å². The van der Waals surface area contributed by atoms with Crippen molar-refractivity contribution in [3.8, 4) is 11.3 Å². The van der Waals surface area contributed by atoms with Crippen LogP contribution in [0.1, 0.15) is 28.5 Å². The van der Waals surface area contributed by atoms with Gasteiger partial charge in [0.05, 0.1) is 5.69 Å². The molecule has 0 amide bonds. The molecule has 4 heteroatoms. The van der Waals surface area contributed by atoms with Gasteiger partial charge in [0.2, 0.25) is 0 Å². The molecule has 1 aromatic heterocycles. The van der Waals surface area contributed by atoms with Gasteiger partial charge in [0, 0.05) is 12.1 Å². The van der Waals surface area contributed by atoms with Gasteiger partial charge in [-0.2, -0.15) is 5.10 Å². The second-order valence-corrected chi connectivity index (χ2v) is 4.33. The highest BCUT2D eigenvalue weighted by Gasteiger charge is 2.13. The highest BCUT2D eigenvalue weighted by molar-refractivity contribution is 5.87. The van der Waals surface area contributed by atoms with Crippen molar-refractivity contribution >= 4 is 5.97 Å². The van der Waals surface area contributed by atoms with Gasteiger partial charge in [0.25, 0.3) is 0 Å². The van der Waals surface area contributed by atoms with Crippen molar-refractivity contribution in [2.45, 2.75) is 27.3 Å². The highest BCUT2D eigenvalue weighted by atomic mass is 16.4. The minimum atomic E-state index is -0.993. The Balaban J connectivity index is 2.55. The predicted molar refractivity (Wildman–Crippen MR) is 69.8 cm³/mol. The number of aromatic nitrogens is 2. The number of aromatic carboxylic acids is 1. The molecule has 1 N–H and O–H groups in total. The molecule has 0 aliphatic rings. The maximum atomic E-state index is 11.0. The molecule has 0 bridgehead atoms. The van der Waals surface area contributed by atoms with E-state index in [2.05, 4.69) is 18.1 Å². The van der Waals surface area contributed by atoms with E-state index in [-0.39, 0.29) is 5.69 Å². The van der Waals surface area contributed by atoms with Crippen LogP contribution in [0.15, 0.2) is 24.3 Å². The number of hydrogen-bond donors (Lipinski definition) is 1. The Labute approximate surface area is 106 Å². The van der Waals surface area contributed by atoms with Crippen LogP contribution in [0.3, 0.4) is 0 Å². The molecule has 0 fully saturated rings. The van der Waals surface area contributed by atoms with Crippen molar-refractivity contribution < 1.29 is 9.90 Å². The maximum Gasteiger partial charge on any atom is 0.356 e. The Hall–Kier alpha value is -2.10. The quantitative estimate of drug-likeness (QED) is 0.903. The average Bonchev–Trinajstić information content (AvgIpc) is 2.77. The van der Waals surface area contributed by atoms with Crippen LogP contribution in [0.25, 0.3) is 11.3 Å². The van der Waals surface area contributed by atoms with Gasteiger partial charge < -0.3 is 5.11 Å². The Morgan fingerprint density at radius 2 is 2.00 bits per heavy atom. The van der Waals surface area contributed by atoms with E-state index in [1.165, 1.54) is 11.1 Å². The van der Waals surface area contributed by atoms with E-state index < -0.39 is 5.97 Å². The van der Waals surface area contributed by atoms with E-state index >= 15 is 0 Å². The number of rotatable bonds is 3. The fraction of sp³-hybridized carbons (Fsp3) is 0.286. The number of carboxylic acids is 1. The summed E-state index contributed by atoms with van der Waals surface area (Å²) < 4.78 is 1.72. The standard InChI is InChI=1S/C14H16N2O2/c1-4-16-13(8-12(15-16)14(17)18)11-6-5-9(2)10(3)7-11/h5-8H,4H2,1-3H3,(H,17,18). The van der Waals surface area contributed by atoms with Crippen LogP contribution < -0.4 is 0 Å². The molecule has 94 valence electrons. The van der Waals surface area contributed by atoms with Crippen molar-refractivity contribution in [2.24, 2.45) is 0 Å². The van der Waals surface area contributed by atoms with Crippen molar-refractivity contribution in [3.05, 3.63) is 41.1 Å². The molecule has 0 aliphatic carbocycles. The monoisotopic (exact) mass is 244 g/mol. The third-order valence-electron chi connectivity index (χ3n) is 3.10. The minimum absolute atomic E-state index is 0.0880. The summed E-state index contributed by atoms with van der Waals surface area (Å²) in [5.74, 6) is -0.993. The zero-order chi connectivity index (χ0) is 13.3. The van der Waals surface area contributed by atoms with E-state index in [0.717, 1.165) is 11.3 Å². The number of nitrogens with zero attached hydrogens (tertiary/aromatic N) is 2. The summed E-state index contributed by atoms with van der Waals surface area (Å²) in [6.07, 6.45) is 0. The molecule has 2 aromatic rings. The molecule has 0 atom stereocenters. The maximum absolute atomic E-state index is 11.0. The van der Waals surface area contributed by atoms with Gasteiger partial charge >= 0.3 is 5.97 Å². The van der Waals surface area contributed by atoms with E-state index in [9.17, 15) is 4.79 Å². The lowest BCUT2D eigenvalue weighted by Crippen LogP contribution is -2.02. The van der Waals surface area contributed by atoms with Crippen LogP contribution in [-0.4, -0.2) is 20.9 Å². The predicted octanol–water partition coefficient (Wildman–Crippen LogP) is 2.89. The van der Waals surface area contributed by atoms with Gasteiger partial charge in [0.15, 0.2) is 5.69 Å². The molecule has 0 unspecified atom stereocenters. The van der Waals surface area contributed by atoms with Crippen molar-refractivity contribution in [1.29, 1.82) is 0 Å². The summed E-state index contributed by atoms with van der Waals surface area (Å²) in [6, 6.07) is 7.72. The van der Waals surface area contributed by atoms with Gasteiger partial charge in [-0.25, -0.2) is 4.79 Å². The Kier molecular flexibility index (Phi) is 3.19. The smallest absolute Gasteiger partial charge is 0.356 e. The summed E-state index contributed by atoms with van der Waals surface area (Å²) in [6.45, 7) is 6.70. The highest BCUT2D eigenvalue weighted by Crippen LogP contribution is 2.23. The number of carbonyl (C=O) groups is 1. The van der Waals surface area contributed by atoms with E-state index in [0.29, 0.717) is 6.54 Å². The number of hydrogen-bond acceptors (Lipinski definition) is 2. The first-order chi connectivity index (χ1) is 8.52. The molecule has 0 aliphatic heterocycles. The van der Waals surface area contributed by atoms with Crippen LogP contribution >= 0.6 is 0 Å². The Morgan fingerprint density at radius 3 is 2.56 bits per heavy atom. The first-order valence-electron chi connectivity index (χ1n) is 5.91. The Morgan fingerprint density at radius 1 is 1.28 bits per heavy atom. The molecule has 1 heterocycles. The molecule has 4 nitrogen and oxygen atoms in total. The Bertz CT molecular complexity index is 600. The van der Waals surface area contributed by atoms with E-state index in [4.69, 9.17) is 5.11 Å². The molecule has 0 saturated carbocycles. The van der Waals surface area contributed by atoms with Crippen LogP contribution in [0, 0.1) is 13.8 Å². The molecule has 18 heavy (non-hydrogen) atoms. The largest absolute Gasteiger partial charge is 0.476 e. The molecule has 2 rings (SSSR count). The lowest BCUT2D eigenvalue weighted by atomic mass is 10.0. The van der Waals surface area contributed by atoms with Gasteiger partial charge in [-0.15, -0.1) is 0 Å². The number of aryl methyl sites for hydroxylation is 3. The van der Waals surface area contributed by atoms with E-state index in [1.807, 2.05) is 26.0 Å². The summed E-state index contributed by atoms with van der Waals surface area (Å²) >= 11 is 0. The van der Waals surface area contributed by atoms with Crippen molar-refractivity contribution in [3.63, 3.8) is 0 Å². The van der Waals surface area contributed by atoms with Gasteiger partial charge in [-0.05, 0) is 44.0 Å². The second kappa shape index (κ2) is 4.64. The normalized spacial score (nSPS) is 10.6. The third-order valence-corrected chi connectivity index (χ3v) is 3.10. The lowest BCUT2D eigenvalue weighted by molar-refractivity contribution is 0.0689. The summed E-state index contributed by atoms with van der Waals surface area (Å²) in [5, 5.41) is 13.1. The molecular formula is C14H16N2O2. The average molecular weight is 244 g/mol. The van der Waals surface area contributed by atoms with Gasteiger partial charge in [-0.3, -0.25) is 4.68 Å². The fourth-order valence-corrected chi connectivity index (χ4v) is 1.90. The van der Waals surface area contributed by atoms with Gasteiger partial charge in [0.1, 0.15) is 0 Å². The SMILES string of the molecule is CCn1nc(C(=O)O)cc1-c1ccc(C)c(C)c1. The molecular weight excluding hydrogens is 228 g/mol. The molecule has 0 spiro atoms. The van der Waals surface area contributed by atoms with Crippen LogP contribution in [-0.2, 0) is 6.54 Å². The van der Waals surface area contributed by atoms with E-state index in [1.54, 1.807) is 10.7 Å². The zero-order valence-corrected chi connectivity index (χ0v) is 10.8. The number of carboxylic acid groups (broad SMARTS) is 1. The van der Waals surface area contributed by atoms with Crippen LogP contribution in [0.5, 0.6) is 0 Å². The molecule has 0 saturated heterocycles.